The monoisotopic (exact) mass is 342 g/mol. The highest BCUT2D eigenvalue weighted by Gasteiger charge is 2.18. The predicted octanol–water partition coefficient (Wildman–Crippen LogP) is 3.19. The van der Waals surface area contributed by atoms with Gasteiger partial charge in [0.2, 0.25) is 0 Å². The third kappa shape index (κ3) is 6.35. The van der Waals surface area contributed by atoms with E-state index in [1.807, 2.05) is 19.9 Å². The van der Waals surface area contributed by atoms with E-state index in [2.05, 4.69) is 58.3 Å². The lowest BCUT2D eigenvalue weighted by Gasteiger charge is -2.27. The number of likely N-dealkylation sites (N-methyl/N-ethyl adjacent to an activating group) is 1. The summed E-state index contributed by atoms with van der Waals surface area (Å²) in [6.07, 6.45) is 1.02. The van der Waals surface area contributed by atoms with Crippen molar-refractivity contribution in [2.45, 2.75) is 38.8 Å². The van der Waals surface area contributed by atoms with E-state index >= 15 is 0 Å². The molecule has 0 heterocycles. The van der Waals surface area contributed by atoms with Gasteiger partial charge in [-0.25, -0.2) is 0 Å². The average molecular weight is 343 g/mol. The number of nitrogens with one attached hydrogen (secondary N) is 1. The molecule has 0 saturated carbocycles. The number of aliphatic hydroxyl groups is 1. The Bertz CT molecular complexity index is 404. The number of nitrogens with zero attached hydrogens (tertiary/aromatic N) is 1. The van der Waals surface area contributed by atoms with E-state index in [-0.39, 0.29) is 0 Å². The Morgan fingerprint density at radius 1 is 1.35 bits per heavy atom. The van der Waals surface area contributed by atoms with Crippen LogP contribution in [0.5, 0.6) is 0 Å². The molecule has 0 aliphatic heterocycles. The van der Waals surface area contributed by atoms with Crippen LogP contribution in [-0.2, 0) is 0 Å². The number of rotatable bonds is 8. The highest BCUT2D eigenvalue weighted by atomic mass is 79.9. The highest BCUT2D eigenvalue weighted by molar-refractivity contribution is 9.10. The van der Waals surface area contributed by atoms with Gasteiger partial charge in [0.25, 0.3) is 0 Å². The molecule has 20 heavy (non-hydrogen) atoms. The van der Waals surface area contributed by atoms with Crippen LogP contribution in [0.2, 0.25) is 0 Å². The molecule has 1 unspecified atom stereocenters. The maximum Gasteiger partial charge on any atom is 0.0718 e. The first-order valence-electron chi connectivity index (χ1n) is 7.22. The zero-order chi connectivity index (χ0) is 15.2. The first-order chi connectivity index (χ1) is 9.33. The smallest absolute Gasteiger partial charge is 0.0718 e. The van der Waals surface area contributed by atoms with Crippen molar-refractivity contribution < 1.29 is 5.11 Å². The fourth-order valence-corrected chi connectivity index (χ4v) is 3.02. The minimum atomic E-state index is -0.643. The maximum absolute atomic E-state index is 9.85. The molecule has 0 amide bonds. The van der Waals surface area contributed by atoms with Crippen LogP contribution in [0, 0.1) is 0 Å². The zero-order valence-corrected chi connectivity index (χ0v) is 14.6. The minimum absolute atomic E-state index is 0.333. The predicted molar refractivity (Wildman–Crippen MR) is 89.0 cm³/mol. The normalized spacial score (nSPS) is 13.8. The van der Waals surface area contributed by atoms with Crippen LogP contribution in [0.15, 0.2) is 28.7 Å². The van der Waals surface area contributed by atoms with Crippen molar-refractivity contribution in [2.75, 3.05) is 26.7 Å². The van der Waals surface area contributed by atoms with Gasteiger partial charge in [-0.05, 0) is 52.0 Å². The Labute approximate surface area is 131 Å². The van der Waals surface area contributed by atoms with Gasteiger partial charge in [0.1, 0.15) is 0 Å². The standard InChI is InChI=1S/C16H27BrN2O/c1-5-18-15(13-8-6-7-9-14(13)17)10-11-19(4)12-16(2,3)20/h6-9,15,18,20H,5,10-12H2,1-4H3. The lowest BCUT2D eigenvalue weighted by molar-refractivity contribution is 0.0436. The highest BCUT2D eigenvalue weighted by Crippen LogP contribution is 2.25. The molecule has 0 spiro atoms. The number of hydrogen-bond acceptors (Lipinski definition) is 3. The van der Waals surface area contributed by atoms with E-state index in [1.54, 1.807) is 0 Å². The van der Waals surface area contributed by atoms with E-state index in [9.17, 15) is 5.11 Å². The van der Waals surface area contributed by atoms with Crippen LogP contribution >= 0.6 is 15.9 Å². The van der Waals surface area contributed by atoms with Crippen LogP contribution in [0.4, 0.5) is 0 Å². The van der Waals surface area contributed by atoms with Gasteiger partial charge in [0, 0.05) is 17.1 Å². The molecule has 0 saturated heterocycles. The van der Waals surface area contributed by atoms with Gasteiger partial charge in [-0.2, -0.15) is 0 Å². The van der Waals surface area contributed by atoms with Crippen molar-refractivity contribution in [2.24, 2.45) is 0 Å². The summed E-state index contributed by atoms with van der Waals surface area (Å²) in [6, 6.07) is 8.69. The molecule has 114 valence electrons. The zero-order valence-electron chi connectivity index (χ0n) is 13.0. The summed E-state index contributed by atoms with van der Waals surface area (Å²) in [5.74, 6) is 0. The number of benzene rings is 1. The molecule has 0 fully saturated rings. The van der Waals surface area contributed by atoms with Crippen molar-refractivity contribution in [3.05, 3.63) is 34.3 Å². The van der Waals surface area contributed by atoms with E-state index in [0.29, 0.717) is 12.6 Å². The van der Waals surface area contributed by atoms with Crippen molar-refractivity contribution >= 4 is 15.9 Å². The van der Waals surface area contributed by atoms with Gasteiger partial charge >= 0.3 is 0 Å². The van der Waals surface area contributed by atoms with Crippen molar-refractivity contribution in [1.29, 1.82) is 0 Å². The fraction of sp³-hybridized carbons (Fsp3) is 0.625. The molecular formula is C16H27BrN2O. The molecule has 1 atom stereocenters. The average Bonchev–Trinajstić information content (AvgIpc) is 2.33. The minimum Gasteiger partial charge on any atom is -0.389 e. The number of halogens is 1. The first-order valence-corrected chi connectivity index (χ1v) is 8.01. The van der Waals surface area contributed by atoms with Crippen LogP contribution in [0.25, 0.3) is 0 Å². The molecular weight excluding hydrogens is 316 g/mol. The number of hydrogen-bond donors (Lipinski definition) is 2. The summed E-state index contributed by atoms with van der Waals surface area (Å²) in [6.45, 7) is 8.40. The Hall–Kier alpha value is -0.420. The summed E-state index contributed by atoms with van der Waals surface area (Å²) in [5.41, 5.74) is 0.654. The quantitative estimate of drug-likeness (QED) is 0.761. The van der Waals surface area contributed by atoms with Crippen molar-refractivity contribution in [3.8, 4) is 0 Å². The van der Waals surface area contributed by atoms with Gasteiger partial charge < -0.3 is 15.3 Å². The van der Waals surface area contributed by atoms with Crippen LogP contribution < -0.4 is 5.32 Å². The second-order valence-corrected chi connectivity index (χ2v) is 6.83. The van der Waals surface area contributed by atoms with E-state index in [1.165, 1.54) is 5.56 Å². The Morgan fingerprint density at radius 2 is 2.00 bits per heavy atom. The van der Waals surface area contributed by atoms with Crippen LogP contribution in [-0.4, -0.2) is 42.3 Å². The first kappa shape index (κ1) is 17.6. The fourth-order valence-electron chi connectivity index (χ4n) is 2.46. The molecule has 4 heteroatoms. The Morgan fingerprint density at radius 3 is 2.55 bits per heavy atom. The summed E-state index contributed by atoms with van der Waals surface area (Å²) < 4.78 is 1.15. The van der Waals surface area contributed by atoms with Crippen molar-refractivity contribution in [1.82, 2.24) is 10.2 Å². The summed E-state index contributed by atoms with van der Waals surface area (Å²) in [4.78, 5) is 2.18. The molecule has 2 N–H and O–H groups in total. The molecule has 1 aromatic rings. The van der Waals surface area contributed by atoms with Gasteiger partial charge in [0.05, 0.1) is 5.60 Å². The second kappa shape index (κ2) is 8.13. The van der Waals surface area contributed by atoms with Gasteiger partial charge in [-0.3, -0.25) is 0 Å². The lowest BCUT2D eigenvalue weighted by Crippen LogP contribution is -2.37. The SMILES string of the molecule is CCNC(CCN(C)CC(C)(C)O)c1ccccc1Br. The maximum atomic E-state index is 9.85. The summed E-state index contributed by atoms with van der Waals surface area (Å²) in [7, 11) is 2.06. The van der Waals surface area contributed by atoms with Gasteiger partial charge in [0.15, 0.2) is 0 Å². The molecule has 1 aromatic carbocycles. The van der Waals surface area contributed by atoms with Gasteiger partial charge in [-0.15, -0.1) is 0 Å². The topological polar surface area (TPSA) is 35.5 Å². The van der Waals surface area contributed by atoms with E-state index < -0.39 is 5.60 Å². The van der Waals surface area contributed by atoms with Gasteiger partial charge in [-0.1, -0.05) is 41.1 Å². The molecule has 1 rings (SSSR count). The molecule has 0 aliphatic carbocycles. The van der Waals surface area contributed by atoms with E-state index in [0.717, 1.165) is 24.0 Å². The van der Waals surface area contributed by atoms with Crippen LogP contribution in [0.1, 0.15) is 38.8 Å². The molecule has 0 radical (unpaired) electrons. The Kier molecular flexibility index (Phi) is 7.17. The largest absolute Gasteiger partial charge is 0.389 e. The Balaban J connectivity index is 2.62. The molecule has 0 aromatic heterocycles. The third-order valence-electron chi connectivity index (χ3n) is 3.19. The molecule has 3 nitrogen and oxygen atoms in total. The van der Waals surface area contributed by atoms with Crippen LogP contribution in [0.3, 0.4) is 0 Å². The van der Waals surface area contributed by atoms with Crippen molar-refractivity contribution in [3.63, 3.8) is 0 Å². The molecule has 0 bridgehead atoms. The van der Waals surface area contributed by atoms with E-state index in [4.69, 9.17) is 0 Å². The summed E-state index contributed by atoms with van der Waals surface area (Å²) >= 11 is 3.63. The lowest BCUT2D eigenvalue weighted by atomic mass is 10.0. The molecule has 0 aliphatic rings. The summed E-state index contributed by atoms with van der Waals surface area (Å²) in [5, 5.41) is 13.4. The third-order valence-corrected chi connectivity index (χ3v) is 3.91. The second-order valence-electron chi connectivity index (χ2n) is 5.97.